The minimum Gasteiger partial charge on any atom is -0.338 e. The number of halogens is 1. The summed E-state index contributed by atoms with van der Waals surface area (Å²) in [5.74, 6) is 0.901. The van der Waals surface area contributed by atoms with Crippen LogP contribution in [0.25, 0.3) is 0 Å². The molecule has 2 nitrogen and oxygen atoms in total. The van der Waals surface area contributed by atoms with Gasteiger partial charge in [0, 0.05) is 19.0 Å². The molecule has 1 aromatic carbocycles. The van der Waals surface area contributed by atoms with E-state index in [0.29, 0.717) is 18.4 Å². The van der Waals surface area contributed by atoms with Crippen molar-refractivity contribution in [3.8, 4) is 0 Å². The van der Waals surface area contributed by atoms with E-state index in [1.54, 1.807) is 6.07 Å². The Morgan fingerprint density at radius 1 is 1.47 bits per heavy atom. The number of benzene rings is 1. The minimum absolute atomic E-state index is 0.232. The lowest BCUT2D eigenvalue weighted by Gasteiger charge is -2.17. The number of piperidine rings is 1. The van der Waals surface area contributed by atoms with Gasteiger partial charge in [-0.05, 0) is 30.0 Å². The predicted octanol–water partition coefficient (Wildman–Crippen LogP) is 1.80. The molecule has 1 amide bonds. The zero-order chi connectivity index (χ0) is 10.4. The summed E-state index contributed by atoms with van der Waals surface area (Å²) in [6.45, 7) is 1.42. The molecule has 0 aromatic heterocycles. The standard InChI is InChI=1S/C12H12FNO/c13-10-3-1-2-8(4-10)6-14-7-9-5-11(9)12(14)15/h1-4,9,11H,5-7H2. The van der Waals surface area contributed by atoms with Crippen LogP contribution in [-0.4, -0.2) is 17.4 Å². The summed E-state index contributed by atoms with van der Waals surface area (Å²) in [7, 11) is 0. The fraction of sp³-hybridized carbons (Fsp3) is 0.417. The molecule has 1 aliphatic heterocycles. The number of nitrogens with zero attached hydrogens (tertiary/aromatic N) is 1. The van der Waals surface area contributed by atoms with E-state index in [9.17, 15) is 9.18 Å². The van der Waals surface area contributed by atoms with Crippen LogP contribution in [0.1, 0.15) is 12.0 Å². The molecular formula is C12H12FNO. The van der Waals surface area contributed by atoms with E-state index in [0.717, 1.165) is 18.5 Å². The van der Waals surface area contributed by atoms with E-state index in [1.165, 1.54) is 12.1 Å². The first-order valence-electron chi connectivity index (χ1n) is 5.27. The van der Waals surface area contributed by atoms with Crippen LogP contribution in [-0.2, 0) is 11.3 Å². The third kappa shape index (κ3) is 1.52. The highest BCUT2D eigenvalue weighted by Gasteiger charge is 2.51. The lowest BCUT2D eigenvalue weighted by molar-refractivity contribution is -0.130. The number of hydrogen-bond acceptors (Lipinski definition) is 1. The number of carbonyl (C=O) groups excluding carboxylic acids is 1. The van der Waals surface area contributed by atoms with Crippen molar-refractivity contribution in [2.24, 2.45) is 11.8 Å². The minimum atomic E-state index is -0.232. The SMILES string of the molecule is O=C1C2CC2CN1Cc1cccc(F)c1. The van der Waals surface area contributed by atoms with E-state index < -0.39 is 0 Å². The van der Waals surface area contributed by atoms with Crippen LogP contribution in [0.2, 0.25) is 0 Å². The molecule has 1 saturated heterocycles. The molecule has 2 unspecified atom stereocenters. The molecule has 15 heavy (non-hydrogen) atoms. The monoisotopic (exact) mass is 205 g/mol. The first-order chi connectivity index (χ1) is 7.24. The van der Waals surface area contributed by atoms with Gasteiger partial charge in [-0.2, -0.15) is 0 Å². The van der Waals surface area contributed by atoms with Gasteiger partial charge >= 0.3 is 0 Å². The summed E-state index contributed by atoms with van der Waals surface area (Å²) in [6, 6.07) is 6.47. The van der Waals surface area contributed by atoms with E-state index >= 15 is 0 Å². The maximum absolute atomic E-state index is 12.9. The summed E-state index contributed by atoms with van der Waals surface area (Å²) in [4.78, 5) is 13.5. The van der Waals surface area contributed by atoms with Gasteiger partial charge in [0.15, 0.2) is 0 Å². The summed E-state index contributed by atoms with van der Waals surface area (Å²) < 4.78 is 12.9. The molecular weight excluding hydrogens is 193 g/mol. The zero-order valence-corrected chi connectivity index (χ0v) is 8.32. The Kier molecular flexibility index (Phi) is 1.81. The van der Waals surface area contributed by atoms with E-state index in [-0.39, 0.29) is 11.7 Å². The Hall–Kier alpha value is -1.38. The van der Waals surface area contributed by atoms with E-state index in [2.05, 4.69) is 0 Å². The largest absolute Gasteiger partial charge is 0.338 e. The molecule has 0 bridgehead atoms. The lowest BCUT2D eigenvalue weighted by Crippen LogP contribution is -2.27. The highest BCUT2D eigenvalue weighted by atomic mass is 19.1. The molecule has 1 heterocycles. The van der Waals surface area contributed by atoms with Gasteiger partial charge < -0.3 is 4.90 Å². The number of hydrogen-bond donors (Lipinski definition) is 0. The van der Waals surface area contributed by atoms with E-state index in [1.807, 2.05) is 11.0 Å². The molecule has 2 atom stereocenters. The fourth-order valence-electron chi connectivity index (χ4n) is 2.36. The fourth-order valence-corrected chi connectivity index (χ4v) is 2.36. The molecule has 0 radical (unpaired) electrons. The van der Waals surface area contributed by atoms with Gasteiger partial charge in [-0.1, -0.05) is 12.1 Å². The van der Waals surface area contributed by atoms with Crippen molar-refractivity contribution in [1.82, 2.24) is 4.90 Å². The van der Waals surface area contributed by atoms with Crippen molar-refractivity contribution in [3.63, 3.8) is 0 Å². The zero-order valence-electron chi connectivity index (χ0n) is 8.32. The van der Waals surface area contributed by atoms with Gasteiger partial charge in [0.25, 0.3) is 0 Å². The first kappa shape index (κ1) is 8.89. The Balaban J connectivity index is 1.73. The van der Waals surface area contributed by atoms with Crippen molar-refractivity contribution in [2.45, 2.75) is 13.0 Å². The van der Waals surface area contributed by atoms with Crippen molar-refractivity contribution in [1.29, 1.82) is 0 Å². The van der Waals surface area contributed by atoms with Crippen LogP contribution < -0.4 is 0 Å². The number of fused-ring (bicyclic) bond motifs is 1. The number of carbonyl (C=O) groups is 1. The second kappa shape index (κ2) is 3.05. The number of amides is 1. The quantitative estimate of drug-likeness (QED) is 0.721. The maximum atomic E-state index is 12.9. The lowest BCUT2D eigenvalue weighted by atomic mass is 10.2. The van der Waals surface area contributed by atoms with Gasteiger partial charge in [-0.15, -0.1) is 0 Å². The van der Waals surface area contributed by atoms with Gasteiger partial charge in [-0.3, -0.25) is 4.79 Å². The summed E-state index contributed by atoms with van der Waals surface area (Å²) in [6.07, 6.45) is 1.07. The highest BCUT2D eigenvalue weighted by molar-refractivity contribution is 5.84. The maximum Gasteiger partial charge on any atom is 0.226 e. The molecule has 2 fully saturated rings. The topological polar surface area (TPSA) is 20.3 Å². The number of likely N-dealkylation sites (tertiary alicyclic amines) is 1. The average Bonchev–Trinajstić information content (AvgIpc) is 2.89. The summed E-state index contributed by atoms with van der Waals surface area (Å²) in [5, 5.41) is 0. The molecule has 78 valence electrons. The van der Waals surface area contributed by atoms with Gasteiger partial charge in [0.05, 0.1) is 0 Å². The van der Waals surface area contributed by atoms with Crippen LogP contribution in [0, 0.1) is 17.7 Å². The van der Waals surface area contributed by atoms with Crippen molar-refractivity contribution >= 4 is 5.91 Å². The Bertz CT molecular complexity index is 418. The molecule has 1 aliphatic carbocycles. The van der Waals surface area contributed by atoms with Crippen molar-refractivity contribution in [3.05, 3.63) is 35.6 Å². The van der Waals surface area contributed by atoms with Crippen LogP contribution in [0.4, 0.5) is 4.39 Å². The smallest absolute Gasteiger partial charge is 0.226 e. The molecule has 3 rings (SSSR count). The normalized spacial score (nSPS) is 28.1. The van der Waals surface area contributed by atoms with Gasteiger partial charge in [0.2, 0.25) is 5.91 Å². The van der Waals surface area contributed by atoms with E-state index in [4.69, 9.17) is 0 Å². The van der Waals surface area contributed by atoms with Crippen LogP contribution in [0.3, 0.4) is 0 Å². The first-order valence-corrected chi connectivity index (χ1v) is 5.27. The van der Waals surface area contributed by atoms with Gasteiger partial charge in [0.1, 0.15) is 5.82 Å². The summed E-state index contributed by atoms with van der Waals surface area (Å²) >= 11 is 0. The molecule has 0 N–H and O–H groups in total. The molecule has 0 spiro atoms. The van der Waals surface area contributed by atoms with Crippen LogP contribution >= 0.6 is 0 Å². The second-order valence-corrected chi connectivity index (χ2v) is 4.45. The Labute approximate surface area is 87.7 Å². The second-order valence-electron chi connectivity index (χ2n) is 4.45. The molecule has 1 aromatic rings. The third-order valence-electron chi connectivity index (χ3n) is 3.27. The predicted molar refractivity (Wildman–Crippen MR) is 53.4 cm³/mol. The van der Waals surface area contributed by atoms with Crippen LogP contribution in [0.5, 0.6) is 0 Å². The number of rotatable bonds is 2. The van der Waals surface area contributed by atoms with Crippen molar-refractivity contribution < 1.29 is 9.18 Å². The summed E-state index contributed by atoms with van der Waals surface area (Å²) in [5.41, 5.74) is 0.879. The molecule has 3 heteroatoms. The Morgan fingerprint density at radius 3 is 3.00 bits per heavy atom. The average molecular weight is 205 g/mol. The highest BCUT2D eigenvalue weighted by Crippen LogP contribution is 2.46. The van der Waals surface area contributed by atoms with Gasteiger partial charge in [-0.25, -0.2) is 4.39 Å². The van der Waals surface area contributed by atoms with Crippen molar-refractivity contribution in [2.75, 3.05) is 6.54 Å². The molecule has 1 saturated carbocycles. The third-order valence-corrected chi connectivity index (χ3v) is 3.27. The molecule has 2 aliphatic rings. The van der Waals surface area contributed by atoms with Crippen LogP contribution in [0.15, 0.2) is 24.3 Å². The Morgan fingerprint density at radius 2 is 2.33 bits per heavy atom.